The first-order valence-corrected chi connectivity index (χ1v) is 10.00. The highest BCUT2D eigenvalue weighted by molar-refractivity contribution is 9.10. The van der Waals surface area contributed by atoms with Crippen molar-refractivity contribution in [2.24, 2.45) is 0 Å². The number of halogens is 4. The number of hydrogen-bond donors (Lipinski definition) is 1. The summed E-state index contributed by atoms with van der Waals surface area (Å²) in [6.45, 7) is 0.444. The van der Waals surface area contributed by atoms with E-state index in [2.05, 4.69) is 26.0 Å². The average molecular weight is 477 g/mol. The minimum atomic E-state index is -4.85. The van der Waals surface area contributed by atoms with Gasteiger partial charge in [-0.3, -0.25) is 0 Å². The van der Waals surface area contributed by atoms with Crippen molar-refractivity contribution in [1.82, 2.24) is 4.90 Å². The van der Waals surface area contributed by atoms with E-state index in [0.29, 0.717) is 18.0 Å². The van der Waals surface area contributed by atoms with Gasteiger partial charge < -0.3 is 19.7 Å². The van der Waals surface area contributed by atoms with E-state index < -0.39 is 18.1 Å². The molecule has 0 aliphatic carbocycles. The van der Waals surface area contributed by atoms with Crippen LogP contribution in [0, 0.1) is 0 Å². The fourth-order valence-electron chi connectivity index (χ4n) is 2.80. The molecule has 0 radical (unpaired) electrons. The molecule has 1 saturated heterocycles. The Morgan fingerprint density at radius 2 is 2.00 bits per heavy atom. The van der Waals surface area contributed by atoms with Crippen LogP contribution in [0.15, 0.2) is 46.9 Å². The Labute approximate surface area is 172 Å². The number of rotatable bonds is 4. The number of para-hydroxylation sites is 2. The molecule has 2 aromatic rings. The lowest BCUT2D eigenvalue weighted by molar-refractivity contribution is -0.274. The minimum Gasteiger partial charge on any atom is -0.496 e. The lowest BCUT2D eigenvalue weighted by atomic mass is 10.2. The number of nitrogens with one attached hydrogen (secondary N) is 1. The smallest absolute Gasteiger partial charge is 0.496 e. The predicted molar refractivity (Wildman–Crippen MR) is 105 cm³/mol. The second-order valence-corrected chi connectivity index (χ2v) is 7.88. The zero-order chi connectivity index (χ0) is 20.3. The van der Waals surface area contributed by atoms with Crippen LogP contribution in [0.4, 0.5) is 23.7 Å². The number of amides is 2. The highest BCUT2D eigenvalue weighted by Crippen LogP contribution is 2.43. The maximum absolute atomic E-state index is 12.8. The van der Waals surface area contributed by atoms with E-state index in [-0.39, 0.29) is 11.1 Å². The molecule has 3 rings (SSSR count). The first-order valence-electron chi connectivity index (χ1n) is 8.16. The van der Waals surface area contributed by atoms with E-state index in [1.54, 1.807) is 29.8 Å². The molecule has 2 aromatic carbocycles. The van der Waals surface area contributed by atoms with Crippen LogP contribution in [-0.2, 0) is 0 Å². The molecule has 1 N–H and O–H groups in total. The third kappa shape index (κ3) is 4.85. The average Bonchev–Trinajstić information content (AvgIpc) is 3.12. The molecule has 0 aromatic heterocycles. The summed E-state index contributed by atoms with van der Waals surface area (Å²) in [5, 5.41) is 2.19. The van der Waals surface area contributed by atoms with Gasteiger partial charge in [0.15, 0.2) is 5.75 Å². The summed E-state index contributed by atoms with van der Waals surface area (Å²) in [6.07, 6.45) is -4.85. The molecule has 1 fully saturated rings. The first-order chi connectivity index (χ1) is 13.3. The van der Waals surface area contributed by atoms with Gasteiger partial charge in [0.25, 0.3) is 0 Å². The molecule has 2 amide bonds. The summed E-state index contributed by atoms with van der Waals surface area (Å²) in [4.78, 5) is 14.4. The van der Waals surface area contributed by atoms with Crippen LogP contribution >= 0.6 is 27.7 Å². The van der Waals surface area contributed by atoms with Crippen LogP contribution in [0.3, 0.4) is 0 Å². The van der Waals surface area contributed by atoms with Crippen LogP contribution in [-0.4, -0.2) is 36.7 Å². The molecule has 28 heavy (non-hydrogen) atoms. The van der Waals surface area contributed by atoms with Gasteiger partial charge in [-0.1, -0.05) is 28.1 Å². The van der Waals surface area contributed by atoms with Crippen LogP contribution in [0.1, 0.15) is 10.9 Å². The van der Waals surface area contributed by atoms with Crippen molar-refractivity contribution in [2.45, 2.75) is 11.7 Å². The number of ether oxygens (including phenoxy) is 2. The highest BCUT2D eigenvalue weighted by Gasteiger charge is 2.35. The third-order valence-corrected chi connectivity index (χ3v) is 5.70. The van der Waals surface area contributed by atoms with Crippen molar-refractivity contribution in [1.29, 1.82) is 0 Å². The number of urea groups is 1. The van der Waals surface area contributed by atoms with Crippen molar-refractivity contribution in [2.75, 3.05) is 24.7 Å². The lowest BCUT2D eigenvalue weighted by Crippen LogP contribution is -2.34. The Hall–Kier alpha value is -2.07. The van der Waals surface area contributed by atoms with Crippen molar-refractivity contribution in [3.63, 3.8) is 0 Å². The van der Waals surface area contributed by atoms with E-state index in [0.717, 1.165) is 16.1 Å². The number of alkyl halides is 3. The van der Waals surface area contributed by atoms with E-state index in [9.17, 15) is 18.0 Å². The molecule has 5 nitrogen and oxygen atoms in total. The first kappa shape index (κ1) is 20.7. The Kier molecular flexibility index (Phi) is 6.29. The van der Waals surface area contributed by atoms with E-state index in [4.69, 9.17) is 4.74 Å². The van der Waals surface area contributed by atoms with Crippen LogP contribution in [0.5, 0.6) is 11.5 Å². The van der Waals surface area contributed by atoms with Gasteiger partial charge in [0, 0.05) is 22.3 Å². The number of methoxy groups -OCH3 is 1. The molecule has 1 unspecified atom stereocenters. The Morgan fingerprint density at radius 3 is 2.71 bits per heavy atom. The Morgan fingerprint density at radius 1 is 1.25 bits per heavy atom. The number of benzene rings is 2. The van der Waals surface area contributed by atoms with E-state index in [1.165, 1.54) is 18.2 Å². The van der Waals surface area contributed by atoms with Gasteiger partial charge >= 0.3 is 12.4 Å². The number of thioether (sulfide) groups is 1. The molecular formula is C18H16BrF3N2O3S. The van der Waals surface area contributed by atoms with Crippen molar-refractivity contribution < 1.29 is 27.4 Å². The quantitative estimate of drug-likeness (QED) is 0.620. The van der Waals surface area contributed by atoms with Gasteiger partial charge in [-0.05, 0) is 30.3 Å². The molecule has 1 heterocycles. The summed E-state index contributed by atoms with van der Waals surface area (Å²) < 4.78 is 48.0. The fourth-order valence-corrected chi connectivity index (χ4v) is 4.45. The standard InChI is InChI=1S/C18H16BrF3N2O3S/c1-26-14-7-6-11(19)10-12(14)16-24(8-9-28-16)17(25)23-13-4-2-3-5-15(13)27-18(20,21)22/h2-7,10,16H,8-9H2,1H3,(H,23,25). The maximum atomic E-state index is 12.8. The van der Waals surface area contributed by atoms with Crippen molar-refractivity contribution in [3.05, 3.63) is 52.5 Å². The largest absolute Gasteiger partial charge is 0.573 e. The number of hydrogen-bond acceptors (Lipinski definition) is 4. The van der Waals surface area contributed by atoms with Gasteiger partial charge in [-0.2, -0.15) is 0 Å². The second kappa shape index (κ2) is 8.52. The van der Waals surface area contributed by atoms with Gasteiger partial charge in [0.2, 0.25) is 0 Å². The summed E-state index contributed by atoms with van der Waals surface area (Å²) in [7, 11) is 1.54. The van der Waals surface area contributed by atoms with Crippen LogP contribution in [0.25, 0.3) is 0 Å². The zero-order valence-corrected chi connectivity index (χ0v) is 17.0. The minimum absolute atomic E-state index is 0.0540. The van der Waals surface area contributed by atoms with Crippen LogP contribution < -0.4 is 14.8 Å². The van der Waals surface area contributed by atoms with Gasteiger partial charge in [-0.25, -0.2) is 4.79 Å². The van der Waals surface area contributed by atoms with E-state index >= 15 is 0 Å². The Bertz CT molecular complexity index is 866. The van der Waals surface area contributed by atoms with Crippen molar-refractivity contribution >= 4 is 39.4 Å². The number of nitrogens with zero attached hydrogens (tertiary/aromatic N) is 1. The zero-order valence-electron chi connectivity index (χ0n) is 14.6. The molecule has 0 bridgehead atoms. The van der Waals surface area contributed by atoms with E-state index in [1.807, 2.05) is 12.1 Å². The maximum Gasteiger partial charge on any atom is 0.573 e. The molecule has 1 atom stereocenters. The monoisotopic (exact) mass is 476 g/mol. The second-order valence-electron chi connectivity index (χ2n) is 5.78. The third-order valence-electron chi connectivity index (χ3n) is 3.96. The number of anilines is 1. The van der Waals surface area contributed by atoms with Crippen molar-refractivity contribution in [3.8, 4) is 11.5 Å². The number of carbonyl (C=O) groups is 1. The summed E-state index contributed by atoms with van der Waals surface area (Å²) in [5.74, 6) is 0.849. The number of carbonyl (C=O) groups excluding carboxylic acids is 1. The van der Waals surface area contributed by atoms with Gasteiger partial charge in [-0.15, -0.1) is 24.9 Å². The molecule has 0 spiro atoms. The molecule has 0 saturated carbocycles. The summed E-state index contributed by atoms with van der Waals surface area (Å²) in [6, 6.07) is 10.4. The Balaban J connectivity index is 1.83. The normalized spacial score (nSPS) is 16.8. The summed E-state index contributed by atoms with van der Waals surface area (Å²) in [5.41, 5.74) is 0.746. The predicted octanol–water partition coefficient (Wildman–Crippen LogP) is 5.64. The molecular weight excluding hydrogens is 461 g/mol. The molecule has 10 heteroatoms. The van der Waals surface area contributed by atoms with Crippen LogP contribution in [0.2, 0.25) is 0 Å². The summed E-state index contributed by atoms with van der Waals surface area (Å²) >= 11 is 4.96. The molecule has 1 aliphatic heterocycles. The SMILES string of the molecule is COc1ccc(Br)cc1C1SCCN1C(=O)Nc1ccccc1OC(F)(F)F. The highest BCUT2D eigenvalue weighted by atomic mass is 79.9. The molecule has 150 valence electrons. The molecule has 1 aliphatic rings. The van der Waals surface area contributed by atoms with Gasteiger partial charge in [0.1, 0.15) is 11.1 Å². The fraction of sp³-hybridized carbons (Fsp3) is 0.278. The lowest BCUT2D eigenvalue weighted by Gasteiger charge is -2.26. The topological polar surface area (TPSA) is 50.8 Å². The van der Waals surface area contributed by atoms with Gasteiger partial charge in [0.05, 0.1) is 12.8 Å².